The van der Waals surface area contributed by atoms with E-state index >= 15 is 0 Å². The van der Waals surface area contributed by atoms with Gasteiger partial charge in [0, 0.05) is 42.6 Å². The number of carbonyl (C=O) groups excluding carboxylic acids is 1. The number of nitrogens with zero attached hydrogens (tertiary/aromatic N) is 4. The van der Waals surface area contributed by atoms with Crippen molar-refractivity contribution in [1.29, 1.82) is 0 Å². The van der Waals surface area contributed by atoms with Crippen LogP contribution in [0.4, 0.5) is 15.9 Å². The number of nitrogens with one attached hydrogen (secondary N) is 2. The molecule has 2 unspecified atom stereocenters. The molecule has 4 N–H and O–H groups in total. The van der Waals surface area contributed by atoms with Gasteiger partial charge in [-0.1, -0.05) is 12.1 Å². The van der Waals surface area contributed by atoms with Crippen molar-refractivity contribution in [3.8, 4) is 22.9 Å². The van der Waals surface area contributed by atoms with Crippen molar-refractivity contribution in [2.45, 2.75) is 25.4 Å². The molecule has 3 fully saturated rings. The van der Waals surface area contributed by atoms with Gasteiger partial charge in [-0.15, -0.1) is 0 Å². The quantitative estimate of drug-likeness (QED) is 0.159. The first-order valence-electron chi connectivity index (χ1n) is 16.0. The summed E-state index contributed by atoms with van der Waals surface area (Å²) in [5, 5.41) is 4.96. The van der Waals surface area contributed by atoms with Crippen LogP contribution in [0.2, 0.25) is 0 Å². The number of piperidine rings is 1. The maximum absolute atomic E-state index is 14.1. The number of fused-ring (bicyclic) bond motifs is 3. The predicted molar refractivity (Wildman–Crippen MR) is 190 cm³/mol. The Morgan fingerprint density at radius 1 is 1.04 bits per heavy atom. The number of aryl methyl sites for hydroxylation is 1. The number of H-pyrrole nitrogens is 1. The molecule has 0 spiro atoms. The Bertz CT molecular complexity index is 2380. The molecule has 2 bridgehead atoms. The van der Waals surface area contributed by atoms with Crippen molar-refractivity contribution >= 4 is 48.2 Å². The zero-order chi connectivity index (χ0) is 36.2. The molecule has 3 aromatic carbocycles. The van der Waals surface area contributed by atoms with Gasteiger partial charge in [-0.25, -0.2) is 25.9 Å². The summed E-state index contributed by atoms with van der Waals surface area (Å²) >= 11 is 0. The van der Waals surface area contributed by atoms with Gasteiger partial charge in [0.1, 0.15) is 23.9 Å². The summed E-state index contributed by atoms with van der Waals surface area (Å²) in [6.07, 6.45) is 4.47. The minimum Gasteiger partial charge on any atom is -0.490 e. The first kappa shape index (κ1) is 34.5. The number of piperazine rings is 1. The van der Waals surface area contributed by atoms with Crippen LogP contribution < -0.4 is 19.9 Å². The van der Waals surface area contributed by atoms with Crippen molar-refractivity contribution in [2.24, 2.45) is 0 Å². The van der Waals surface area contributed by atoms with Crippen LogP contribution in [0.25, 0.3) is 16.6 Å². The highest BCUT2D eigenvalue weighted by Gasteiger charge is 2.49. The number of nitrogens with two attached hydrogens (primary N) is 1. The van der Waals surface area contributed by atoms with Gasteiger partial charge in [-0.05, 0) is 67.4 Å². The Labute approximate surface area is 294 Å². The van der Waals surface area contributed by atoms with E-state index in [1.807, 2.05) is 6.92 Å². The fourth-order valence-electron chi connectivity index (χ4n) is 6.81. The Kier molecular flexibility index (Phi) is 8.77. The van der Waals surface area contributed by atoms with Crippen molar-refractivity contribution in [3.05, 3.63) is 89.5 Å². The number of ketones is 1. The number of para-hydroxylation sites is 1. The molecule has 2 atom stereocenters. The second-order valence-corrected chi connectivity index (χ2v) is 16.5. The molecule has 5 aromatic rings. The van der Waals surface area contributed by atoms with Gasteiger partial charge in [0.2, 0.25) is 25.8 Å². The van der Waals surface area contributed by atoms with E-state index in [9.17, 15) is 26.0 Å². The molecule has 0 saturated carbocycles. The lowest BCUT2D eigenvalue weighted by atomic mass is 9.91. The van der Waals surface area contributed by atoms with E-state index < -0.39 is 31.6 Å². The minimum atomic E-state index is -3.68. The molecule has 268 valence electrons. The highest BCUT2D eigenvalue weighted by molar-refractivity contribution is 7.92. The highest BCUT2D eigenvalue weighted by atomic mass is 32.2. The molecular formula is C34H36FN7O7S2. The van der Waals surface area contributed by atoms with Gasteiger partial charge < -0.3 is 20.2 Å². The van der Waals surface area contributed by atoms with E-state index in [1.54, 1.807) is 52.8 Å². The Balaban J connectivity index is 1.08. The summed E-state index contributed by atoms with van der Waals surface area (Å²) in [6.45, 7) is 3.75. The third kappa shape index (κ3) is 7.01. The average Bonchev–Trinajstić information content (AvgIpc) is 3.63. The second-order valence-electron chi connectivity index (χ2n) is 12.9. The van der Waals surface area contributed by atoms with E-state index in [0.717, 1.165) is 18.2 Å². The van der Waals surface area contributed by atoms with Crippen molar-refractivity contribution in [1.82, 2.24) is 24.0 Å². The van der Waals surface area contributed by atoms with E-state index in [4.69, 9.17) is 15.2 Å². The van der Waals surface area contributed by atoms with Crippen LogP contribution >= 0.6 is 0 Å². The number of hydrogen-bond acceptors (Lipinski definition) is 10. The fraction of sp³-hybridized carbons (Fsp3) is 0.294. The summed E-state index contributed by atoms with van der Waals surface area (Å²) in [4.78, 5) is 18.9. The fourth-order valence-corrected chi connectivity index (χ4v) is 8.75. The normalized spacial score (nSPS) is 18.0. The van der Waals surface area contributed by atoms with Crippen LogP contribution in [0, 0.1) is 12.7 Å². The number of carbonyl (C=O) groups is 1. The number of anilines is 2. The minimum absolute atomic E-state index is 0.0502. The van der Waals surface area contributed by atoms with Crippen molar-refractivity contribution in [2.75, 3.05) is 49.2 Å². The van der Waals surface area contributed by atoms with Crippen LogP contribution in [-0.2, 0) is 20.0 Å². The monoisotopic (exact) mass is 737 g/mol. The van der Waals surface area contributed by atoms with Crippen LogP contribution in [0.15, 0.2) is 66.9 Å². The van der Waals surface area contributed by atoms with E-state index in [1.165, 1.54) is 29.3 Å². The lowest BCUT2D eigenvalue weighted by Crippen LogP contribution is -2.69. The third-order valence-corrected chi connectivity index (χ3v) is 11.0. The standard InChI is InChI=1S/C34H36FN7O7S2/c1-20-12-24(49-31-7-5-4-6-26(31)35)8-9-30(20)41-34(36)25(17-37-41)33(43)29-13-21-14-32(28(16-27(21)38-29)39-50(2,44)45)48-11-10-40-18-22-15-23(19-40)42(22)51(3,46)47/h4-9,12-14,16-17,22-23,38-39H,10-11,15,18-19,36H2,1-3H3. The number of hydrogen-bond donors (Lipinski definition) is 3. The Morgan fingerprint density at radius 3 is 2.47 bits per heavy atom. The topological polar surface area (TPSA) is 182 Å². The number of ether oxygens (including phenoxy) is 2. The molecule has 8 rings (SSSR count). The SMILES string of the molecule is Cc1cc(Oc2ccccc2F)ccc1-n1ncc(C(=O)c2cc3cc(OCCN4CC5CC(C4)N5S(C)(=O)=O)c(NS(C)(=O)=O)cc3[nH]2)c1N. The highest BCUT2D eigenvalue weighted by Crippen LogP contribution is 2.36. The van der Waals surface area contributed by atoms with E-state index in [2.05, 4.69) is 19.7 Å². The molecular weight excluding hydrogens is 702 g/mol. The summed E-state index contributed by atoms with van der Waals surface area (Å²) in [7, 11) is -6.92. The molecule has 3 aliphatic rings. The van der Waals surface area contributed by atoms with E-state index in [-0.39, 0.29) is 53.0 Å². The van der Waals surface area contributed by atoms with Gasteiger partial charge in [-0.2, -0.15) is 9.40 Å². The summed E-state index contributed by atoms with van der Waals surface area (Å²) in [5.74, 6) is -0.0417. The van der Waals surface area contributed by atoms with Crippen LogP contribution in [-0.4, -0.2) is 97.4 Å². The van der Waals surface area contributed by atoms with Gasteiger partial charge in [0.25, 0.3) is 0 Å². The van der Waals surface area contributed by atoms with Crippen LogP contribution in [0.3, 0.4) is 0 Å². The number of benzene rings is 3. The summed E-state index contributed by atoms with van der Waals surface area (Å²) < 4.78 is 79.9. The second kappa shape index (κ2) is 13.0. The first-order chi connectivity index (χ1) is 24.1. The Hall–Kier alpha value is -4.97. The van der Waals surface area contributed by atoms with Gasteiger partial charge in [-0.3, -0.25) is 14.4 Å². The lowest BCUT2D eigenvalue weighted by molar-refractivity contribution is -0.0103. The molecule has 5 heterocycles. The third-order valence-electron chi connectivity index (χ3n) is 9.02. The summed E-state index contributed by atoms with van der Waals surface area (Å²) in [5.41, 5.74) is 8.78. The van der Waals surface area contributed by atoms with Crippen molar-refractivity contribution < 1.29 is 35.5 Å². The molecule has 17 heteroatoms. The zero-order valence-electron chi connectivity index (χ0n) is 28.0. The predicted octanol–water partition coefficient (Wildman–Crippen LogP) is 3.88. The van der Waals surface area contributed by atoms with E-state index in [0.29, 0.717) is 42.0 Å². The van der Waals surface area contributed by atoms with Crippen molar-refractivity contribution in [3.63, 3.8) is 0 Å². The number of sulfonamides is 2. The lowest BCUT2D eigenvalue weighted by Gasteiger charge is -2.54. The molecule has 14 nitrogen and oxygen atoms in total. The smallest absolute Gasteiger partial charge is 0.229 e. The number of aromatic nitrogens is 3. The Morgan fingerprint density at radius 2 is 1.78 bits per heavy atom. The zero-order valence-corrected chi connectivity index (χ0v) is 29.6. The van der Waals surface area contributed by atoms with Crippen LogP contribution in [0.5, 0.6) is 17.2 Å². The van der Waals surface area contributed by atoms with Gasteiger partial charge >= 0.3 is 0 Å². The van der Waals surface area contributed by atoms with Crippen LogP contribution in [0.1, 0.15) is 28.0 Å². The molecule has 3 saturated heterocycles. The average molecular weight is 738 g/mol. The number of nitrogen functional groups attached to an aromatic ring is 1. The number of halogens is 1. The van der Waals surface area contributed by atoms with Gasteiger partial charge in [0.15, 0.2) is 11.6 Å². The number of aromatic amines is 1. The maximum atomic E-state index is 14.1. The molecule has 3 aliphatic heterocycles. The van der Waals surface area contributed by atoms with Gasteiger partial charge in [0.05, 0.1) is 41.3 Å². The molecule has 0 aliphatic carbocycles. The maximum Gasteiger partial charge on any atom is 0.229 e. The number of rotatable bonds is 12. The molecule has 0 radical (unpaired) electrons. The largest absolute Gasteiger partial charge is 0.490 e. The summed E-state index contributed by atoms with van der Waals surface area (Å²) in [6, 6.07) is 15.9. The first-order valence-corrected chi connectivity index (χ1v) is 19.8. The molecule has 0 amide bonds. The molecule has 51 heavy (non-hydrogen) atoms. The molecule has 2 aromatic heterocycles.